The van der Waals surface area contributed by atoms with Gasteiger partial charge in [0, 0.05) is 32.2 Å². The van der Waals surface area contributed by atoms with Crippen LogP contribution in [0.3, 0.4) is 0 Å². The fourth-order valence-electron chi connectivity index (χ4n) is 2.83. The maximum atomic E-state index is 11.7. The Bertz CT molecular complexity index is 1010. The van der Waals surface area contributed by atoms with E-state index in [-0.39, 0.29) is 4.90 Å². The van der Waals surface area contributed by atoms with Crippen LogP contribution in [0.1, 0.15) is 13.8 Å². The average molecular weight is 365 g/mol. The van der Waals surface area contributed by atoms with Crippen molar-refractivity contribution < 1.29 is 17.9 Å². The van der Waals surface area contributed by atoms with Gasteiger partial charge in [-0.1, -0.05) is 24.3 Å². The van der Waals surface area contributed by atoms with Crippen LogP contribution in [-0.4, -0.2) is 21.6 Å². The van der Waals surface area contributed by atoms with Crippen molar-refractivity contribution in [1.29, 1.82) is 0 Å². The lowest BCUT2D eigenvalue weighted by molar-refractivity contribution is 0.342. The van der Waals surface area contributed by atoms with Gasteiger partial charge in [-0.3, -0.25) is 0 Å². The standard InChI is InChI=1S/C18H17ClO4S/c1-3-22-17-13-7-5-6-8-14(13)18(23-4-2)16-11-12(24(19,20)21)9-10-15(16)17/h5-11H,3-4H2,1-2H3. The maximum Gasteiger partial charge on any atom is 0.261 e. The van der Waals surface area contributed by atoms with E-state index in [1.807, 2.05) is 38.1 Å². The molecule has 0 aliphatic heterocycles. The van der Waals surface area contributed by atoms with Gasteiger partial charge in [-0.15, -0.1) is 0 Å². The van der Waals surface area contributed by atoms with Crippen molar-refractivity contribution >= 4 is 41.3 Å². The van der Waals surface area contributed by atoms with Crippen molar-refractivity contribution in [2.75, 3.05) is 13.2 Å². The van der Waals surface area contributed by atoms with Crippen LogP contribution in [-0.2, 0) is 9.05 Å². The van der Waals surface area contributed by atoms with Gasteiger partial charge in [0.05, 0.1) is 18.1 Å². The normalized spacial score (nSPS) is 11.8. The molecule has 3 aromatic rings. The molecule has 0 atom stereocenters. The third kappa shape index (κ3) is 2.89. The molecule has 4 nitrogen and oxygen atoms in total. The monoisotopic (exact) mass is 364 g/mol. The third-order valence-corrected chi connectivity index (χ3v) is 5.11. The lowest BCUT2D eigenvalue weighted by Crippen LogP contribution is -1.99. The summed E-state index contributed by atoms with van der Waals surface area (Å²) < 4.78 is 35.1. The molecule has 0 saturated heterocycles. The van der Waals surface area contributed by atoms with E-state index in [1.54, 1.807) is 6.07 Å². The molecule has 0 amide bonds. The summed E-state index contributed by atoms with van der Waals surface area (Å²) in [5.74, 6) is 1.35. The molecule has 0 saturated carbocycles. The molecule has 0 aliphatic rings. The summed E-state index contributed by atoms with van der Waals surface area (Å²) in [7, 11) is 1.68. The minimum Gasteiger partial charge on any atom is -0.493 e. The van der Waals surface area contributed by atoms with Crippen molar-refractivity contribution in [3.8, 4) is 11.5 Å². The van der Waals surface area contributed by atoms with Crippen molar-refractivity contribution in [3.05, 3.63) is 42.5 Å². The third-order valence-electron chi connectivity index (χ3n) is 3.76. The van der Waals surface area contributed by atoms with E-state index >= 15 is 0 Å². The number of halogens is 1. The summed E-state index contributed by atoms with van der Waals surface area (Å²) in [6.45, 7) is 4.77. The van der Waals surface area contributed by atoms with Crippen LogP contribution in [0.15, 0.2) is 47.4 Å². The first-order valence-corrected chi connectivity index (χ1v) is 9.97. The van der Waals surface area contributed by atoms with Crippen molar-refractivity contribution in [2.24, 2.45) is 0 Å². The Balaban J connectivity index is 2.50. The lowest BCUT2D eigenvalue weighted by Gasteiger charge is -2.17. The first-order valence-electron chi connectivity index (χ1n) is 7.66. The fourth-order valence-corrected chi connectivity index (χ4v) is 3.61. The van der Waals surface area contributed by atoms with Crippen LogP contribution in [0.25, 0.3) is 21.5 Å². The topological polar surface area (TPSA) is 52.6 Å². The fraction of sp³-hybridized carbons (Fsp3) is 0.222. The molecule has 0 heterocycles. The van der Waals surface area contributed by atoms with E-state index < -0.39 is 9.05 Å². The molecule has 0 aromatic heterocycles. The largest absolute Gasteiger partial charge is 0.493 e. The molecule has 3 aromatic carbocycles. The lowest BCUT2D eigenvalue weighted by atomic mass is 10.0. The molecular formula is C18H17ClO4S. The molecule has 0 unspecified atom stereocenters. The molecule has 0 bridgehead atoms. The summed E-state index contributed by atoms with van der Waals surface area (Å²) >= 11 is 0. The van der Waals surface area contributed by atoms with E-state index in [9.17, 15) is 8.42 Å². The highest BCUT2D eigenvalue weighted by atomic mass is 35.7. The smallest absolute Gasteiger partial charge is 0.261 e. The van der Waals surface area contributed by atoms with Gasteiger partial charge in [0.15, 0.2) is 0 Å². The van der Waals surface area contributed by atoms with Crippen LogP contribution < -0.4 is 9.47 Å². The molecule has 3 rings (SSSR count). The van der Waals surface area contributed by atoms with E-state index in [1.165, 1.54) is 12.1 Å². The van der Waals surface area contributed by atoms with Gasteiger partial charge < -0.3 is 9.47 Å². The highest BCUT2D eigenvalue weighted by molar-refractivity contribution is 8.13. The Labute approximate surface area is 145 Å². The van der Waals surface area contributed by atoms with Gasteiger partial charge in [-0.25, -0.2) is 8.42 Å². The second-order valence-electron chi connectivity index (χ2n) is 5.22. The Morgan fingerprint density at radius 2 is 1.33 bits per heavy atom. The molecule has 0 radical (unpaired) electrons. The van der Waals surface area contributed by atoms with Gasteiger partial charge in [0.2, 0.25) is 0 Å². The number of fused-ring (bicyclic) bond motifs is 2. The SMILES string of the molecule is CCOc1c2ccccc2c(OCC)c2cc(S(=O)(=O)Cl)ccc12. The number of hydrogen-bond acceptors (Lipinski definition) is 4. The number of rotatable bonds is 5. The number of hydrogen-bond donors (Lipinski definition) is 0. The summed E-state index contributed by atoms with van der Waals surface area (Å²) in [5.41, 5.74) is 0. The second-order valence-corrected chi connectivity index (χ2v) is 7.78. The molecule has 6 heteroatoms. The molecular weight excluding hydrogens is 348 g/mol. The van der Waals surface area contributed by atoms with E-state index in [0.29, 0.717) is 30.1 Å². The minimum atomic E-state index is -3.83. The Hall–Kier alpha value is -1.98. The van der Waals surface area contributed by atoms with Crippen molar-refractivity contribution in [2.45, 2.75) is 18.7 Å². The van der Waals surface area contributed by atoms with Gasteiger partial charge in [0.1, 0.15) is 11.5 Å². The molecule has 0 N–H and O–H groups in total. The molecule has 0 spiro atoms. The summed E-state index contributed by atoms with van der Waals surface area (Å²) in [6, 6.07) is 12.5. The van der Waals surface area contributed by atoms with Crippen LogP contribution >= 0.6 is 10.7 Å². The van der Waals surface area contributed by atoms with Crippen molar-refractivity contribution in [3.63, 3.8) is 0 Å². The van der Waals surface area contributed by atoms with Crippen LogP contribution in [0.5, 0.6) is 11.5 Å². The second kappa shape index (κ2) is 6.49. The number of benzene rings is 3. The zero-order valence-corrected chi connectivity index (χ0v) is 14.9. The minimum absolute atomic E-state index is 0.0374. The van der Waals surface area contributed by atoms with E-state index in [2.05, 4.69) is 0 Å². The van der Waals surface area contributed by atoms with Gasteiger partial charge >= 0.3 is 0 Å². The molecule has 0 fully saturated rings. The Morgan fingerprint density at radius 3 is 1.83 bits per heavy atom. The first kappa shape index (κ1) is 16.9. The average Bonchev–Trinajstić information content (AvgIpc) is 2.56. The maximum absolute atomic E-state index is 11.7. The van der Waals surface area contributed by atoms with Gasteiger partial charge in [-0.2, -0.15) is 0 Å². The molecule has 24 heavy (non-hydrogen) atoms. The molecule has 0 aliphatic carbocycles. The highest BCUT2D eigenvalue weighted by Gasteiger charge is 2.18. The summed E-state index contributed by atoms with van der Waals surface area (Å²) in [4.78, 5) is 0.0374. The first-order chi connectivity index (χ1) is 11.5. The Kier molecular flexibility index (Phi) is 4.56. The highest BCUT2D eigenvalue weighted by Crippen LogP contribution is 2.43. The van der Waals surface area contributed by atoms with Crippen LogP contribution in [0.4, 0.5) is 0 Å². The van der Waals surface area contributed by atoms with Gasteiger partial charge in [-0.05, 0) is 32.0 Å². The summed E-state index contributed by atoms with van der Waals surface area (Å²) in [5, 5.41) is 3.26. The predicted molar refractivity (Wildman–Crippen MR) is 96.8 cm³/mol. The predicted octanol–water partition coefficient (Wildman–Crippen LogP) is 4.72. The molecule has 126 valence electrons. The van der Waals surface area contributed by atoms with Crippen molar-refractivity contribution in [1.82, 2.24) is 0 Å². The number of ether oxygens (including phenoxy) is 2. The van der Waals surface area contributed by atoms with Crippen LogP contribution in [0.2, 0.25) is 0 Å². The summed E-state index contributed by atoms with van der Waals surface area (Å²) in [6.07, 6.45) is 0. The zero-order chi connectivity index (χ0) is 17.3. The Morgan fingerprint density at radius 1 is 0.833 bits per heavy atom. The van der Waals surface area contributed by atoms with E-state index in [0.717, 1.165) is 16.2 Å². The quantitative estimate of drug-likeness (QED) is 0.485. The van der Waals surface area contributed by atoms with Gasteiger partial charge in [0.25, 0.3) is 9.05 Å². The van der Waals surface area contributed by atoms with E-state index in [4.69, 9.17) is 20.2 Å². The van der Waals surface area contributed by atoms with Crippen LogP contribution in [0, 0.1) is 0 Å². The zero-order valence-electron chi connectivity index (χ0n) is 13.4.